The Balaban J connectivity index is 2.23. The summed E-state index contributed by atoms with van der Waals surface area (Å²) in [6.07, 6.45) is 0. The molecular formula is C10H8FN5S. The predicted molar refractivity (Wildman–Crippen MR) is 61.9 cm³/mol. The zero-order valence-electron chi connectivity index (χ0n) is 8.67. The van der Waals surface area contributed by atoms with Gasteiger partial charge in [0.1, 0.15) is 10.8 Å². The van der Waals surface area contributed by atoms with Crippen LogP contribution in [0.25, 0.3) is 16.3 Å². The normalized spacial score (nSPS) is 11.2. The number of halogens is 1. The zero-order chi connectivity index (χ0) is 11.8. The van der Waals surface area contributed by atoms with Crippen LogP contribution in [0.2, 0.25) is 0 Å². The van der Waals surface area contributed by atoms with Crippen LogP contribution in [0.4, 0.5) is 4.39 Å². The fourth-order valence-electron chi connectivity index (χ4n) is 1.55. The standard InChI is InChI=1S/C10H8FN5S/c11-7-4-2-1-3-6(7)9-13-14-10-16(9)15-8(5-12)17-10/h1-4H,5,12H2. The van der Waals surface area contributed by atoms with E-state index >= 15 is 0 Å². The van der Waals surface area contributed by atoms with Crippen molar-refractivity contribution in [2.24, 2.45) is 5.73 Å². The fourth-order valence-corrected chi connectivity index (χ4v) is 2.26. The van der Waals surface area contributed by atoms with Crippen LogP contribution in [0.15, 0.2) is 24.3 Å². The van der Waals surface area contributed by atoms with Crippen molar-refractivity contribution in [1.82, 2.24) is 19.8 Å². The molecule has 0 spiro atoms. The van der Waals surface area contributed by atoms with Gasteiger partial charge in [-0.3, -0.25) is 0 Å². The van der Waals surface area contributed by atoms with Gasteiger partial charge in [-0.05, 0) is 12.1 Å². The van der Waals surface area contributed by atoms with Crippen molar-refractivity contribution >= 4 is 16.3 Å². The second kappa shape index (κ2) is 3.86. The molecule has 0 atom stereocenters. The Morgan fingerprint density at radius 2 is 2.12 bits per heavy atom. The molecule has 2 N–H and O–H groups in total. The van der Waals surface area contributed by atoms with Gasteiger partial charge in [0.25, 0.3) is 0 Å². The highest BCUT2D eigenvalue weighted by Gasteiger charge is 2.15. The van der Waals surface area contributed by atoms with Crippen LogP contribution in [0, 0.1) is 5.82 Å². The van der Waals surface area contributed by atoms with Crippen molar-refractivity contribution in [3.05, 3.63) is 35.1 Å². The molecule has 2 heterocycles. The molecule has 0 radical (unpaired) electrons. The minimum Gasteiger partial charge on any atom is -0.324 e. The molecule has 2 aromatic heterocycles. The number of fused-ring (bicyclic) bond motifs is 1. The molecule has 0 unspecified atom stereocenters. The minimum atomic E-state index is -0.343. The van der Waals surface area contributed by atoms with E-state index in [1.807, 2.05) is 0 Å². The molecular weight excluding hydrogens is 241 g/mol. The molecule has 0 aliphatic carbocycles. The van der Waals surface area contributed by atoms with Crippen molar-refractivity contribution in [3.8, 4) is 11.4 Å². The number of nitrogens with zero attached hydrogens (tertiary/aromatic N) is 4. The molecule has 0 aliphatic rings. The lowest BCUT2D eigenvalue weighted by Gasteiger charge is -1.97. The number of rotatable bonds is 2. The molecule has 0 amide bonds. The van der Waals surface area contributed by atoms with Crippen LogP contribution in [0.3, 0.4) is 0 Å². The van der Waals surface area contributed by atoms with Crippen LogP contribution in [-0.4, -0.2) is 19.8 Å². The molecule has 0 fully saturated rings. The molecule has 0 saturated heterocycles. The third kappa shape index (κ3) is 1.60. The van der Waals surface area contributed by atoms with Gasteiger partial charge < -0.3 is 5.73 Å². The Hall–Kier alpha value is -1.86. The van der Waals surface area contributed by atoms with Crippen LogP contribution < -0.4 is 5.73 Å². The van der Waals surface area contributed by atoms with E-state index in [-0.39, 0.29) is 5.82 Å². The minimum absolute atomic E-state index is 0.338. The number of hydrogen-bond donors (Lipinski definition) is 1. The zero-order valence-corrected chi connectivity index (χ0v) is 9.49. The van der Waals surface area contributed by atoms with Gasteiger partial charge in [-0.2, -0.15) is 9.61 Å². The second-order valence-electron chi connectivity index (χ2n) is 3.40. The monoisotopic (exact) mass is 249 g/mol. The summed E-state index contributed by atoms with van der Waals surface area (Å²) in [6, 6.07) is 6.40. The summed E-state index contributed by atoms with van der Waals surface area (Å²) < 4.78 is 15.2. The Kier molecular flexibility index (Phi) is 2.34. The fraction of sp³-hybridized carbons (Fsp3) is 0.100. The third-order valence-electron chi connectivity index (χ3n) is 2.32. The first-order chi connectivity index (χ1) is 8.29. The third-order valence-corrected chi connectivity index (χ3v) is 3.24. The highest BCUT2D eigenvalue weighted by atomic mass is 32.1. The number of nitrogens with two attached hydrogens (primary N) is 1. The summed E-state index contributed by atoms with van der Waals surface area (Å²) in [7, 11) is 0. The van der Waals surface area contributed by atoms with Crippen LogP contribution >= 0.6 is 11.3 Å². The van der Waals surface area contributed by atoms with Crippen LogP contribution in [-0.2, 0) is 6.54 Å². The molecule has 3 aromatic rings. The van der Waals surface area contributed by atoms with E-state index in [0.29, 0.717) is 22.9 Å². The smallest absolute Gasteiger partial charge is 0.235 e. The molecule has 17 heavy (non-hydrogen) atoms. The Labute approximate surface area is 99.7 Å². The summed E-state index contributed by atoms with van der Waals surface area (Å²) in [4.78, 5) is 0.615. The van der Waals surface area contributed by atoms with Gasteiger partial charge in [-0.15, -0.1) is 10.2 Å². The quantitative estimate of drug-likeness (QED) is 0.746. The van der Waals surface area contributed by atoms with E-state index in [1.165, 1.54) is 21.9 Å². The van der Waals surface area contributed by atoms with E-state index in [1.54, 1.807) is 18.2 Å². The first-order valence-corrected chi connectivity index (χ1v) is 5.77. The van der Waals surface area contributed by atoms with E-state index in [0.717, 1.165) is 5.01 Å². The van der Waals surface area contributed by atoms with Gasteiger partial charge in [0.2, 0.25) is 4.96 Å². The van der Waals surface area contributed by atoms with E-state index in [9.17, 15) is 4.39 Å². The topological polar surface area (TPSA) is 69.1 Å². The first kappa shape index (κ1) is 10.3. The molecule has 1 aromatic carbocycles. The maximum absolute atomic E-state index is 13.6. The van der Waals surface area contributed by atoms with Gasteiger partial charge in [-0.25, -0.2) is 4.39 Å². The molecule has 3 rings (SSSR count). The number of benzene rings is 1. The average molecular weight is 249 g/mol. The van der Waals surface area contributed by atoms with Gasteiger partial charge in [-0.1, -0.05) is 23.5 Å². The molecule has 86 valence electrons. The Bertz CT molecular complexity index is 674. The van der Waals surface area contributed by atoms with Crippen LogP contribution in [0.1, 0.15) is 5.01 Å². The van der Waals surface area contributed by atoms with E-state index in [2.05, 4.69) is 15.3 Å². The Morgan fingerprint density at radius 3 is 2.88 bits per heavy atom. The molecule has 0 bridgehead atoms. The highest BCUT2D eigenvalue weighted by Crippen LogP contribution is 2.23. The van der Waals surface area contributed by atoms with Crippen LogP contribution in [0.5, 0.6) is 0 Å². The maximum atomic E-state index is 13.6. The van der Waals surface area contributed by atoms with Crippen molar-refractivity contribution in [3.63, 3.8) is 0 Å². The average Bonchev–Trinajstić information content (AvgIpc) is 2.89. The lowest BCUT2D eigenvalue weighted by Crippen LogP contribution is -1.98. The second-order valence-corrected chi connectivity index (χ2v) is 4.44. The van der Waals surface area contributed by atoms with Crippen molar-refractivity contribution in [2.75, 3.05) is 0 Å². The molecule has 0 aliphatic heterocycles. The van der Waals surface area contributed by atoms with Gasteiger partial charge in [0.15, 0.2) is 5.82 Å². The predicted octanol–water partition coefficient (Wildman–Crippen LogP) is 1.45. The summed E-state index contributed by atoms with van der Waals surface area (Å²) in [6.45, 7) is 0.338. The largest absolute Gasteiger partial charge is 0.324 e. The van der Waals surface area contributed by atoms with Gasteiger partial charge in [0, 0.05) is 6.54 Å². The molecule has 0 saturated carbocycles. The van der Waals surface area contributed by atoms with Crippen molar-refractivity contribution < 1.29 is 4.39 Å². The first-order valence-electron chi connectivity index (χ1n) is 4.95. The van der Waals surface area contributed by atoms with Gasteiger partial charge in [0.05, 0.1) is 5.56 Å². The summed E-state index contributed by atoms with van der Waals surface area (Å²) in [5.74, 6) is 0.0538. The summed E-state index contributed by atoms with van der Waals surface area (Å²) >= 11 is 1.35. The van der Waals surface area contributed by atoms with E-state index in [4.69, 9.17) is 5.73 Å². The lowest BCUT2D eigenvalue weighted by atomic mass is 10.2. The van der Waals surface area contributed by atoms with Crippen molar-refractivity contribution in [1.29, 1.82) is 0 Å². The summed E-state index contributed by atoms with van der Waals surface area (Å²) in [5.41, 5.74) is 5.89. The molecule has 5 nitrogen and oxygen atoms in total. The van der Waals surface area contributed by atoms with E-state index < -0.39 is 0 Å². The van der Waals surface area contributed by atoms with Crippen molar-refractivity contribution in [2.45, 2.75) is 6.54 Å². The lowest BCUT2D eigenvalue weighted by molar-refractivity contribution is 0.629. The number of hydrogen-bond acceptors (Lipinski definition) is 5. The SMILES string of the molecule is NCc1nn2c(-c3ccccc3F)nnc2s1. The van der Waals surface area contributed by atoms with Gasteiger partial charge >= 0.3 is 0 Å². The maximum Gasteiger partial charge on any atom is 0.235 e. The summed E-state index contributed by atoms with van der Waals surface area (Å²) in [5, 5.41) is 12.9. The number of aromatic nitrogens is 4. The highest BCUT2D eigenvalue weighted by molar-refractivity contribution is 7.16. The Morgan fingerprint density at radius 1 is 1.29 bits per heavy atom. The molecule has 7 heteroatoms.